The molecule has 0 radical (unpaired) electrons. The second kappa shape index (κ2) is 6.14. The molecular weight excluding hydrogens is 186 g/mol. The quantitative estimate of drug-likeness (QED) is 0.684. The van der Waals surface area contributed by atoms with Crippen molar-refractivity contribution < 1.29 is 4.79 Å². The Morgan fingerprint density at radius 3 is 2.80 bits per heavy atom. The summed E-state index contributed by atoms with van der Waals surface area (Å²) in [4.78, 5) is 13.9. The highest BCUT2D eigenvalue weighted by molar-refractivity contribution is 5.76. The van der Waals surface area contributed by atoms with Crippen LogP contribution in [0.25, 0.3) is 0 Å². The molecule has 0 saturated carbocycles. The summed E-state index contributed by atoms with van der Waals surface area (Å²) in [5.74, 6) is 1.15. The van der Waals surface area contributed by atoms with E-state index < -0.39 is 0 Å². The molecule has 2 nitrogen and oxygen atoms in total. The molecule has 1 saturated heterocycles. The number of amides is 1. The SMILES string of the molecule is CCC(C)CCCC(=O)N1CCC[C@H]1C. The first-order chi connectivity index (χ1) is 7.15. The molecule has 1 rings (SSSR count). The first-order valence-corrected chi connectivity index (χ1v) is 6.44. The van der Waals surface area contributed by atoms with Gasteiger partial charge >= 0.3 is 0 Å². The van der Waals surface area contributed by atoms with Crippen LogP contribution in [0.1, 0.15) is 59.3 Å². The van der Waals surface area contributed by atoms with Crippen molar-refractivity contribution in [2.75, 3.05) is 6.54 Å². The third-order valence-electron chi connectivity index (χ3n) is 3.66. The number of carbonyl (C=O) groups is 1. The van der Waals surface area contributed by atoms with Gasteiger partial charge in [0.2, 0.25) is 5.91 Å². The Morgan fingerprint density at radius 2 is 2.27 bits per heavy atom. The van der Waals surface area contributed by atoms with E-state index in [2.05, 4.69) is 25.7 Å². The Bertz CT molecular complexity index is 203. The summed E-state index contributed by atoms with van der Waals surface area (Å²) in [6.07, 6.45) is 6.64. The largest absolute Gasteiger partial charge is 0.340 e. The molecule has 0 N–H and O–H groups in total. The van der Waals surface area contributed by atoms with Crippen molar-refractivity contribution in [1.82, 2.24) is 4.90 Å². The lowest BCUT2D eigenvalue weighted by atomic mass is 10.0. The van der Waals surface area contributed by atoms with Crippen LogP contribution in [-0.2, 0) is 4.79 Å². The van der Waals surface area contributed by atoms with Gasteiger partial charge in [0.25, 0.3) is 0 Å². The molecule has 0 aromatic carbocycles. The third-order valence-corrected chi connectivity index (χ3v) is 3.66. The summed E-state index contributed by atoms with van der Waals surface area (Å²) in [6.45, 7) is 7.64. The minimum atomic E-state index is 0.378. The van der Waals surface area contributed by atoms with Crippen LogP contribution in [0.2, 0.25) is 0 Å². The van der Waals surface area contributed by atoms with Crippen LogP contribution < -0.4 is 0 Å². The highest BCUT2D eigenvalue weighted by Crippen LogP contribution is 2.19. The smallest absolute Gasteiger partial charge is 0.222 e. The van der Waals surface area contributed by atoms with Gasteiger partial charge in [-0.25, -0.2) is 0 Å². The van der Waals surface area contributed by atoms with Crippen LogP contribution in [0.3, 0.4) is 0 Å². The van der Waals surface area contributed by atoms with Gasteiger partial charge in [0.1, 0.15) is 0 Å². The summed E-state index contributed by atoms with van der Waals surface area (Å²) < 4.78 is 0. The summed E-state index contributed by atoms with van der Waals surface area (Å²) in [7, 11) is 0. The van der Waals surface area contributed by atoms with Crippen molar-refractivity contribution in [3.63, 3.8) is 0 Å². The molecule has 0 spiro atoms. The normalized spacial score (nSPS) is 23.1. The molecule has 0 aliphatic carbocycles. The van der Waals surface area contributed by atoms with Gasteiger partial charge in [-0.15, -0.1) is 0 Å². The van der Waals surface area contributed by atoms with Gasteiger partial charge in [0, 0.05) is 19.0 Å². The van der Waals surface area contributed by atoms with E-state index in [4.69, 9.17) is 0 Å². The predicted octanol–water partition coefficient (Wildman–Crippen LogP) is 3.21. The zero-order valence-corrected chi connectivity index (χ0v) is 10.5. The van der Waals surface area contributed by atoms with Gasteiger partial charge in [-0.05, 0) is 32.1 Å². The summed E-state index contributed by atoms with van der Waals surface area (Å²) in [5, 5.41) is 0. The maximum atomic E-state index is 11.9. The number of hydrogen-bond donors (Lipinski definition) is 0. The number of nitrogens with zero attached hydrogens (tertiary/aromatic N) is 1. The first kappa shape index (κ1) is 12.5. The van der Waals surface area contributed by atoms with Crippen molar-refractivity contribution >= 4 is 5.91 Å². The van der Waals surface area contributed by atoms with Gasteiger partial charge in [0.15, 0.2) is 0 Å². The van der Waals surface area contributed by atoms with Crippen LogP contribution in [0, 0.1) is 5.92 Å². The van der Waals surface area contributed by atoms with E-state index in [1.165, 1.54) is 25.7 Å². The lowest BCUT2D eigenvalue weighted by Gasteiger charge is -2.21. The number of likely N-dealkylation sites (tertiary alicyclic amines) is 1. The Labute approximate surface area is 94.0 Å². The lowest BCUT2D eigenvalue weighted by Crippen LogP contribution is -2.33. The summed E-state index contributed by atoms with van der Waals surface area (Å²) in [6, 6.07) is 0.487. The van der Waals surface area contributed by atoms with Gasteiger partial charge in [-0.2, -0.15) is 0 Å². The Morgan fingerprint density at radius 1 is 1.53 bits per heavy atom. The minimum Gasteiger partial charge on any atom is -0.340 e. The molecule has 1 heterocycles. The zero-order chi connectivity index (χ0) is 11.3. The average Bonchev–Trinajstić information content (AvgIpc) is 2.64. The Kier molecular flexibility index (Phi) is 5.13. The fraction of sp³-hybridized carbons (Fsp3) is 0.923. The van der Waals surface area contributed by atoms with E-state index in [-0.39, 0.29) is 0 Å². The molecule has 0 aromatic rings. The van der Waals surface area contributed by atoms with Crippen LogP contribution >= 0.6 is 0 Å². The van der Waals surface area contributed by atoms with E-state index in [9.17, 15) is 4.79 Å². The molecule has 0 bridgehead atoms. The molecule has 1 aliphatic heterocycles. The highest BCUT2D eigenvalue weighted by atomic mass is 16.2. The minimum absolute atomic E-state index is 0.378. The lowest BCUT2D eigenvalue weighted by molar-refractivity contribution is -0.131. The van der Waals surface area contributed by atoms with Crippen molar-refractivity contribution in [2.45, 2.75) is 65.3 Å². The highest BCUT2D eigenvalue weighted by Gasteiger charge is 2.24. The molecule has 88 valence electrons. The molecule has 1 unspecified atom stereocenters. The molecule has 1 aliphatic rings. The second-order valence-corrected chi connectivity index (χ2v) is 4.98. The summed E-state index contributed by atoms with van der Waals surface area (Å²) >= 11 is 0. The maximum Gasteiger partial charge on any atom is 0.222 e. The summed E-state index contributed by atoms with van der Waals surface area (Å²) in [5.41, 5.74) is 0. The first-order valence-electron chi connectivity index (χ1n) is 6.44. The number of carbonyl (C=O) groups excluding carboxylic acids is 1. The van der Waals surface area contributed by atoms with E-state index in [0.29, 0.717) is 11.9 Å². The predicted molar refractivity (Wildman–Crippen MR) is 63.7 cm³/mol. The molecule has 2 heteroatoms. The third kappa shape index (κ3) is 3.84. The molecule has 1 amide bonds. The molecule has 2 atom stereocenters. The molecular formula is C13H25NO. The van der Waals surface area contributed by atoms with Gasteiger partial charge in [-0.1, -0.05) is 26.7 Å². The van der Waals surface area contributed by atoms with Crippen LogP contribution in [-0.4, -0.2) is 23.4 Å². The fourth-order valence-corrected chi connectivity index (χ4v) is 2.25. The molecule has 0 aromatic heterocycles. The second-order valence-electron chi connectivity index (χ2n) is 4.98. The number of hydrogen-bond acceptors (Lipinski definition) is 1. The van der Waals surface area contributed by atoms with Gasteiger partial charge < -0.3 is 4.90 Å². The van der Waals surface area contributed by atoms with Crippen molar-refractivity contribution in [2.24, 2.45) is 5.92 Å². The van der Waals surface area contributed by atoms with Crippen LogP contribution in [0.15, 0.2) is 0 Å². The molecule has 1 fully saturated rings. The number of rotatable bonds is 5. The van der Waals surface area contributed by atoms with Crippen molar-refractivity contribution in [3.05, 3.63) is 0 Å². The van der Waals surface area contributed by atoms with Crippen LogP contribution in [0.5, 0.6) is 0 Å². The van der Waals surface area contributed by atoms with Crippen molar-refractivity contribution in [1.29, 1.82) is 0 Å². The maximum absolute atomic E-state index is 11.9. The Balaban J connectivity index is 2.18. The zero-order valence-electron chi connectivity index (χ0n) is 10.5. The van der Waals surface area contributed by atoms with E-state index in [0.717, 1.165) is 25.3 Å². The fourth-order valence-electron chi connectivity index (χ4n) is 2.25. The van der Waals surface area contributed by atoms with E-state index in [1.807, 2.05) is 0 Å². The monoisotopic (exact) mass is 211 g/mol. The Hall–Kier alpha value is -0.530. The molecule has 15 heavy (non-hydrogen) atoms. The van der Waals surface area contributed by atoms with Crippen molar-refractivity contribution in [3.8, 4) is 0 Å². The average molecular weight is 211 g/mol. The van der Waals surface area contributed by atoms with Gasteiger partial charge in [0.05, 0.1) is 0 Å². The van der Waals surface area contributed by atoms with Crippen LogP contribution in [0.4, 0.5) is 0 Å². The topological polar surface area (TPSA) is 20.3 Å². The van der Waals surface area contributed by atoms with Gasteiger partial charge in [-0.3, -0.25) is 4.79 Å². The van der Waals surface area contributed by atoms with E-state index in [1.54, 1.807) is 0 Å². The van der Waals surface area contributed by atoms with E-state index >= 15 is 0 Å². The standard InChI is InChI=1S/C13H25NO/c1-4-11(2)7-5-9-13(15)14-10-6-8-12(14)3/h11-12H,4-10H2,1-3H3/t11?,12-/m1/s1.